The van der Waals surface area contributed by atoms with Crippen LogP contribution in [0, 0.1) is 6.92 Å². The molecule has 1 amide bonds. The van der Waals surface area contributed by atoms with Gasteiger partial charge in [0.1, 0.15) is 0 Å². The van der Waals surface area contributed by atoms with E-state index in [-0.39, 0.29) is 11.8 Å². The first-order chi connectivity index (χ1) is 6.56. The summed E-state index contributed by atoms with van der Waals surface area (Å²) < 4.78 is 0. The van der Waals surface area contributed by atoms with Gasteiger partial charge in [0.15, 0.2) is 0 Å². The van der Waals surface area contributed by atoms with Crippen LogP contribution in [0.2, 0.25) is 5.02 Å². The average Bonchev–Trinajstić information content (AvgIpc) is 2.09. The standard InChI is InChI=1S/C11H14ClNO/c1-3-9(11(13)14)10-5-4-8(12)6-7(10)2/h4-6,9H,3H2,1-2H3,(H2,13,14). The first kappa shape index (κ1) is 11.1. The highest BCUT2D eigenvalue weighted by Gasteiger charge is 2.17. The summed E-state index contributed by atoms with van der Waals surface area (Å²) >= 11 is 5.83. The van der Waals surface area contributed by atoms with E-state index in [9.17, 15) is 4.79 Å². The maximum atomic E-state index is 11.2. The van der Waals surface area contributed by atoms with Crippen LogP contribution in [0.1, 0.15) is 30.4 Å². The Kier molecular flexibility index (Phi) is 3.53. The molecule has 0 aromatic heterocycles. The van der Waals surface area contributed by atoms with Crippen LogP contribution in [0.15, 0.2) is 18.2 Å². The van der Waals surface area contributed by atoms with Crippen molar-refractivity contribution in [1.82, 2.24) is 0 Å². The van der Waals surface area contributed by atoms with Crippen LogP contribution in [-0.2, 0) is 4.79 Å². The molecule has 0 saturated carbocycles. The number of carbonyl (C=O) groups excluding carboxylic acids is 1. The SMILES string of the molecule is CCC(C(N)=O)c1ccc(Cl)cc1C. The zero-order valence-corrected chi connectivity index (χ0v) is 9.14. The lowest BCUT2D eigenvalue weighted by Crippen LogP contribution is -2.21. The molecule has 0 saturated heterocycles. The number of amides is 1. The Hall–Kier alpha value is -1.02. The van der Waals surface area contributed by atoms with Gasteiger partial charge in [-0.15, -0.1) is 0 Å². The summed E-state index contributed by atoms with van der Waals surface area (Å²) in [6.45, 7) is 3.89. The monoisotopic (exact) mass is 211 g/mol. The van der Waals surface area contributed by atoms with E-state index in [1.807, 2.05) is 26.0 Å². The topological polar surface area (TPSA) is 43.1 Å². The number of benzene rings is 1. The molecular formula is C11H14ClNO. The third-order valence-electron chi connectivity index (χ3n) is 2.36. The summed E-state index contributed by atoms with van der Waals surface area (Å²) in [6.07, 6.45) is 0.720. The Bertz CT molecular complexity index is 349. The molecule has 0 aliphatic heterocycles. The first-order valence-electron chi connectivity index (χ1n) is 4.61. The zero-order chi connectivity index (χ0) is 10.7. The molecule has 2 N–H and O–H groups in total. The fourth-order valence-corrected chi connectivity index (χ4v) is 1.83. The molecule has 1 atom stereocenters. The predicted octanol–water partition coefficient (Wildman–Crippen LogP) is 2.63. The van der Waals surface area contributed by atoms with Gasteiger partial charge in [-0.05, 0) is 36.6 Å². The van der Waals surface area contributed by atoms with Gasteiger partial charge in [-0.3, -0.25) is 4.79 Å². The van der Waals surface area contributed by atoms with Crippen molar-refractivity contribution in [3.8, 4) is 0 Å². The second kappa shape index (κ2) is 4.47. The van der Waals surface area contributed by atoms with E-state index in [1.165, 1.54) is 0 Å². The predicted molar refractivity (Wildman–Crippen MR) is 58.4 cm³/mol. The van der Waals surface area contributed by atoms with E-state index >= 15 is 0 Å². The van der Waals surface area contributed by atoms with Crippen molar-refractivity contribution in [2.45, 2.75) is 26.2 Å². The number of halogens is 1. The third-order valence-corrected chi connectivity index (χ3v) is 2.59. The summed E-state index contributed by atoms with van der Waals surface area (Å²) in [5.74, 6) is -0.481. The second-order valence-electron chi connectivity index (χ2n) is 3.36. The van der Waals surface area contributed by atoms with Gasteiger partial charge < -0.3 is 5.73 Å². The van der Waals surface area contributed by atoms with Gasteiger partial charge >= 0.3 is 0 Å². The summed E-state index contributed by atoms with van der Waals surface area (Å²) in [5, 5.41) is 0.686. The summed E-state index contributed by atoms with van der Waals surface area (Å²) in [5.41, 5.74) is 7.31. The summed E-state index contributed by atoms with van der Waals surface area (Å²) in [6, 6.07) is 5.51. The van der Waals surface area contributed by atoms with Crippen LogP contribution in [0.25, 0.3) is 0 Å². The minimum atomic E-state index is -0.280. The van der Waals surface area contributed by atoms with E-state index in [0.29, 0.717) is 5.02 Å². The van der Waals surface area contributed by atoms with Crippen LogP contribution in [0.4, 0.5) is 0 Å². The largest absolute Gasteiger partial charge is 0.369 e. The minimum Gasteiger partial charge on any atom is -0.369 e. The number of rotatable bonds is 3. The average molecular weight is 212 g/mol. The van der Waals surface area contributed by atoms with E-state index in [4.69, 9.17) is 17.3 Å². The lowest BCUT2D eigenvalue weighted by atomic mass is 9.92. The Morgan fingerprint density at radius 3 is 2.64 bits per heavy atom. The number of primary amides is 1. The molecule has 0 radical (unpaired) electrons. The minimum absolute atomic E-state index is 0.202. The van der Waals surface area contributed by atoms with Crippen molar-refractivity contribution >= 4 is 17.5 Å². The number of aryl methyl sites for hydroxylation is 1. The summed E-state index contributed by atoms with van der Waals surface area (Å²) in [7, 11) is 0. The van der Waals surface area contributed by atoms with Crippen molar-refractivity contribution in [3.63, 3.8) is 0 Å². The lowest BCUT2D eigenvalue weighted by Gasteiger charge is -2.14. The molecule has 1 rings (SSSR count). The fraction of sp³-hybridized carbons (Fsp3) is 0.364. The zero-order valence-electron chi connectivity index (χ0n) is 8.38. The smallest absolute Gasteiger partial charge is 0.224 e. The van der Waals surface area contributed by atoms with Gasteiger partial charge in [-0.1, -0.05) is 24.6 Å². The number of hydrogen-bond donors (Lipinski definition) is 1. The maximum Gasteiger partial charge on any atom is 0.224 e. The summed E-state index contributed by atoms with van der Waals surface area (Å²) in [4.78, 5) is 11.2. The van der Waals surface area contributed by atoms with Gasteiger partial charge in [0.05, 0.1) is 5.92 Å². The van der Waals surface area contributed by atoms with Gasteiger partial charge in [-0.25, -0.2) is 0 Å². The second-order valence-corrected chi connectivity index (χ2v) is 3.80. The highest BCUT2D eigenvalue weighted by Crippen LogP contribution is 2.25. The number of hydrogen-bond acceptors (Lipinski definition) is 1. The Balaban J connectivity index is 3.10. The molecule has 1 aromatic rings. The highest BCUT2D eigenvalue weighted by atomic mass is 35.5. The molecule has 0 spiro atoms. The van der Waals surface area contributed by atoms with Crippen molar-refractivity contribution < 1.29 is 4.79 Å². The van der Waals surface area contributed by atoms with E-state index in [2.05, 4.69) is 0 Å². The van der Waals surface area contributed by atoms with Gasteiger partial charge in [0, 0.05) is 5.02 Å². The van der Waals surface area contributed by atoms with E-state index < -0.39 is 0 Å². The number of carbonyl (C=O) groups is 1. The first-order valence-corrected chi connectivity index (χ1v) is 4.99. The molecule has 3 heteroatoms. The van der Waals surface area contributed by atoms with Gasteiger partial charge in [-0.2, -0.15) is 0 Å². The van der Waals surface area contributed by atoms with Crippen LogP contribution in [0.3, 0.4) is 0 Å². The fourth-order valence-electron chi connectivity index (χ4n) is 1.60. The molecule has 2 nitrogen and oxygen atoms in total. The van der Waals surface area contributed by atoms with Crippen molar-refractivity contribution in [2.75, 3.05) is 0 Å². The van der Waals surface area contributed by atoms with Crippen molar-refractivity contribution in [1.29, 1.82) is 0 Å². The van der Waals surface area contributed by atoms with Crippen LogP contribution in [-0.4, -0.2) is 5.91 Å². The Morgan fingerprint density at radius 1 is 1.57 bits per heavy atom. The highest BCUT2D eigenvalue weighted by molar-refractivity contribution is 6.30. The Morgan fingerprint density at radius 2 is 2.21 bits per heavy atom. The molecule has 0 heterocycles. The van der Waals surface area contributed by atoms with Crippen molar-refractivity contribution in [2.24, 2.45) is 5.73 Å². The quantitative estimate of drug-likeness (QED) is 0.821. The molecule has 0 bridgehead atoms. The molecule has 0 fully saturated rings. The van der Waals surface area contributed by atoms with Crippen molar-refractivity contribution in [3.05, 3.63) is 34.3 Å². The molecule has 0 aliphatic carbocycles. The van der Waals surface area contributed by atoms with Gasteiger partial charge in [0.25, 0.3) is 0 Å². The molecule has 0 aliphatic rings. The van der Waals surface area contributed by atoms with E-state index in [0.717, 1.165) is 17.5 Å². The maximum absolute atomic E-state index is 11.2. The normalized spacial score (nSPS) is 12.5. The molecule has 1 unspecified atom stereocenters. The van der Waals surface area contributed by atoms with Crippen LogP contribution in [0.5, 0.6) is 0 Å². The molecular weight excluding hydrogens is 198 g/mol. The number of nitrogens with two attached hydrogens (primary N) is 1. The molecule has 76 valence electrons. The Labute approximate surface area is 89.1 Å². The van der Waals surface area contributed by atoms with Crippen LogP contribution < -0.4 is 5.73 Å². The molecule has 14 heavy (non-hydrogen) atoms. The van der Waals surface area contributed by atoms with Crippen LogP contribution >= 0.6 is 11.6 Å². The third kappa shape index (κ3) is 2.26. The lowest BCUT2D eigenvalue weighted by molar-refractivity contribution is -0.119. The molecule has 1 aromatic carbocycles. The van der Waals surface area contributed by atoms with E-state index in [1.54, 1.807) is 6.07 Å². The van der Waals surface area contributed by atoms with Gasteiger partial charge in [0.2, 0.25) is 5.91 Å².